The van der Waals surface area contributed by atoms with Gasteiger partial charge in [-0.25, -0.2) is 0 Å². The van der Waals surface area contributed by atoms with Gasteiger partial charge in [0.25, 0.3) is 0 Å². The SMILES string of the molecule is C=C(C)/C=C\c1ccccc1NC. The van der Waals surface area contributed by atoms with E-state index in [1.807, 2.05) is 32.2 Å². The average molecular weight is 173 g/mol. The minimum absolute atomic E-state index is 1.06. The Morgan fingerprint density at radius 2 is 2.08 bits per heavy atom. The van der Waals surface area contributed by atoms with Crippen LogP contribution in [-0.4, -0.2) is 7.05 Å². The van der Waals surface area contributed by atoms with Gasteiger partial charge in [-0.2, -0.15) is 0 Å². The summed E-state index contributed by atoms with van der Waals surface area (Å²) in [5.41, 5.74) is 3.39. The van der Waals surface area contributed by atoms with E-state index in [4.69, 9.17) is 0 Å². The minimum atomic E-state index is 1.06. The largest absolute Gasteiger partial charge is 0.388 e. The van der Waals surface area contributed by atoms with Crippen LogP contribution < -0.4 is 5.32 Å². The minimum Gasteiger partial charge on any atom is -0.388 e. The lowest BCUT2D eigenvalue weighted by molar-refractivity contribution is 1.49. The Labute approximate surface area is 79.8 Å². The van der Waals surface area contributed by atoms with Crippen molar-refractivity contribution in [3.05, 3.63) is 48.1 Å². The van der Waals surface area contributed by atoms with Gasteiger partial charge in [-0.15, -0.1) is 0 Å². The molecule has 1 aromatic carbocycles. The summed E-state index contributed by atoms with van der Waals surface area (Å²) in [4.78, 5) is 0. The van der Waals surface area contributed by atoms with Crippen molar-refractivity contribution in [3.63, 3.8) is 0 Å². The summed E-state index contributed by atoms with van der Waals surface area (Å²) in [6.45, 7) is 5.80. The summed E-state index contributed by atoms with van der Waals surface area (Å²) in [6, 6.07) is 8.17. The fraction of sp³-hybridized carbons (Fsp3) is 0.167. The van der Waals surface area contributed by atoms with Gasteiger partial charge in [-0.3, -0.25) is 0 Å². The third-order valence-corrected chi connectivity index (χ3v) is 1.78. The highest BCUT2D eigenvalue weighted by Gasteiger charge is 1.93. The lowest BCUT2D eigenvalue weighted by Gasteiger charge is -2.03. The smallest absolute Gasteiger partial charge is 0.0411 e. The monoisotopic (exact) mass is 173 g/mol. The van der Waals surface area contributed by atoms with Gasteiger partial charge in [-0.05, 0) is 18.6 Å². The molecule has 0 unspecified atom stereocenters. The van der Waals surface area contributed by atoms with Crippen molar-refractivity contribution in [2.24, 2.45) is 0 Å². The van der Waals surface area contributed by atoms with Crippen LogP contribution in [0.3, 0.4) is 0 Å². The normalized spacial score (nSPS) is 10.3. The Hall–Kier alpha value is -1.50. The van der Waals surface area contributed by atoms with Crippen LogP contribution in [0, 0.1) is 0 Å². The molecule has 0 saturated carbocycles. The maximum Gasteiger partial charge on any atom is 0.0411 e. The Bertz CT molecular complexity index is 324. The first kappa shape index (κ1) is 9.59. The summed E-state index contributed by atoms with van der Waals surface area (Å²) in [7, 11) is 1.92. The summed E-state index contributed by atoms with van der Waals surface area (Å²) >= 11 is 0. The summed E-state index contributed by atoms with van der Waals surface area (Å²) in [6.07, 6.45) is 4.07. The second kappa shape index (κ2) is 4.51. The standard InChI is InChI=1S/C12H15N/c1-10(2)8-9-11-6-4-5-7-12(11)13-3/h4-9,13H,1H2,2-3H3/b9-8-. The van der Waals surface area contributed by atoms with E-state index in [2.05, 4.69) is 30.1 Å². The van der Waals surface area contributed by atoms with Gasteiger partial charge in [0.05, 0.1) is 0 Å². The summed E-state index contributed by atoms with van der Waals surface area (Å²) in [5, 5.41) is 3.14. The molecule has 0 spiro atoms. The van der Waals surface area contributed by atoms with E-state index in [1.54, 1.807) is 0 Å². The van der Waals surface area contributed by atoms with Crippen molar-refractivity contribution in [2.45, 2.75) is 6.92 Å². The Morgan fingerprint density at radius 1 is 1.38 bits per heavy atom. The molecule has 0 aliphatic heterocycles. The van der Waals surface area contributed by atoms with Crippen LogP contribution in [0.5, 0.6) is 0 Å². The van der Waals surface area contributed by atoms with Gasteiger partial charge in [-0.1, -0.05) is 42.5 Å². The maximum atomic E-state index is 3.82. The first-order chi connectivity index (χ1) is 6.24. The number of para-hydroxylation sites is 1. The van der Waals surface area contributed by atoms with E-state index < -0.39 is 0 Å². The number of hydrogen-bond acceptors (Lipinski definition) is 1. The molecule has 0 heterocycles. The zero-order chi connectivity index (χ0) is 9.68. The predicted octanol–water partition coefficient (Wildman–Crippen LogP) is 3.32. The molecule has 0 radical (unpaired) electrons. The van der Waals surface area contributed by atoms with E-state index in [9.17, 15) is 0 Å². The van der Waals surface area contributed by atoms with Gasteiger partial charge < -0.3 is 5.32 Å². The zero-order valence-electron chi connectivity index (χ0n) is 8.17. The Morgan fingerprint density at radius 3 is 2.69 bits per heavy atom. The zero-order valence-corrected chi connectivity index (χ0v) is 8.17. The molecular weight excluding hydrogens is 158 g/mol. The van der Waals surface area contributed by atoms with E-state index in [0.717, 1.165) is 11.3 Å². The maximum absolute atomic E-state index is 3.82. The van der Waals surface area contributed by atoms with Crippen molar-refractivity contribution in [2.75, 3.05) is 12.4 Å². The van der Waals surface area contributed by atoms with Crippen LogP contribution in [-0.2, 0) is 0 Å². The fourth-order valence-electron chi connectivity index (χ4n) is 1.10. The quantitative estimate of drug-likeness (QED) is 0.691. The number of rotatable bonds is 3. The molecular formula is C12H15N. The lowest BCUT2D eigenvalue weighted by Crippen LogP contribution is -1.90. The molecule has 0 aromatic heterocycles. The molecule has 1 rings (SSSR count). The van der Waals surface area contributed by atoms with E-state index in [-0.39, 0.29) is 0 Å². The van der Waals surface area contributed by atoms with Gasteiger partial charge in [0.2, 0.25) is 0 Å². The summed E-state index contributed by atoms with van der Waals surface area (Å²) in [5.74, 6) is 0. The number of benzene rings is 1. The molecule has 0 fully saturated rings. The summed E-state index contributed by atoms with van der Waals surface area (Å²) < 4.78 is 0. The Balaban J connectivity index is 2.93. The third kappa shape index (κ3) is 2.79. The lowest BCUT2D eigenvalue weighted by atomic mass is 10.1. The third-order valence-electron chi connectivity index (χ3n) is 1.78. The van der Waals surface area contributed by atoms with Gasteiger partial charge in [0, 0.05) is 12.7 Å². The molecule has 0 amide bonds. The molecule has 1 N–H and O–H groups in total. The van der Waals surface area contributed by atoms with E-state index >= 15 is 0 Å². The molecule has 0 aliphatic carbocycles. The molecule has 1 aromatic rings. The van der Waals surface area contributed by atoms with Crippen molar-refractivity contribution in [1.82, 2.24) is 0 Å². The van der Waals surface area contributed by atoms with Crippen LogP contribution in [0.25, 0.3) is 6.08 Å². The predicted molar refractivity (Wildman–Crippen MR) is 59.8 cm³/mol. The second-order valence-corrected chi connectivity index (χ2v) is 3.02. The van der Waals surface area contributed by atoms with Crippen LogP contribution in [0.2, 0.25) is 0 Å². The number of anilines is 1. The first-order valence-corrected chi connectivity index (χ1v) is 4.34. The van der Waals surface area contributed by atoms with Crippen molar-refractivity contribution >= 4 is 11.8 Å². The van der Waals surface area contributed by atoms with Crippen molar-refractivity contribution < 1.29 is 0 Å². The van der Waals surface area contributed by atoms with Crippen molar-refractivity contribution in [3.8, 4) is 0 Å². The molecule has 0 bridgehead atoms. The van der Waals surface area contributed by atoms with Crippen molar-refractivity contribution in [1.29, 1.82) is 0 Å². The number of allylic oxidation sites excluding steroid dienone is 2. The van der Waals surface area contributed by atoms with Crippen LogP contribution in [0.1, 0.15) is 12.5 Å². The molecule has 68 valence electrons. The highest BCUT2D eigenvalue weighted by Crippen LogP contribution is 2.16. The molecule has 13 heavy (non-hydrogen) atoms. The first-order valence-electron chi connectivity index (χ1n) is 4.34. The van der Waals surface area contributed by atoms with Crippen LogP contribution >= 0.6 is 0 Å². The fourth-order valence-corrected chi connectivity index (χ4v) is 1.10. The molecule has 0 saturated heterocycles. The molecule has 1 heteroatoms. The van der Waals surface area contributed by atoms with Gasteiger partial charge >= 0.3 is 0 Å². The number of nitrogens with one attached hydrogen (secondary N) is 1. The van der Waals surface area contributed by atoms with Crippen LogP contribution in [0.15, 0.2) is 42.5 Å². The molecule has 0 atom stereocenters. The topological polar surface area (TPSA) is 12.0 Å². The number of hydrogen-bond donors (Lipinski definition) is 1. The Kier molecular flexibility index (Phi) is 3.32. The van der Waals surface area contributed by atoms with E-state index in [1.165, 1.54) is 5.56 Å². The highest BCUT2D eigenvalue weighted by molar-refractivity contribution is 5.67. The van der Waals surface area contributed by atoms with E-state index in [0.29, 0.717) is 0 Å². The van der Waals surface area contributed by atoms with Gasteiger partial charge in [0.1, 0.15) is 0 Å². The van der Waals surface area contributed by atoms with Crippen LogP contribution in [0.4, 0.5) is 5.69 Å². The molecule has 1 nitrogen and oxygen atoms in total. The second-order valence-electron chi connectivity index (χ2n) is 3.02. The average Bonchev–Trinajstić information content (AvgIpc) is 2.15. The highest BCUT2D eigenvalue weighted by atomic mass is 14.8. The van der Waals surface area contributed by atoms with Gasteiger partial charge in [0.15, 0.2) is 0 Å². The molecule has 0 aliphatic rings.